The van der Waals surface area contributed by atoms with Crippen LogP contribution in [0.3, 0.4) is 0 Å². The van der Waals surface area contributed by atoms with Crippen LogP contribution in [0, 0.1) is 0 Å². The number of amides is 1. The molecule has 2 heterocycles. The van der Waals surface area contributed by atoms with Crippen LogP contribution in [-0.4, -0.2) is 59.4 Å². The highest BCUT2D eigenvalue weighted by Gasteiger charge is 2.41. The average molecular weight is 257 g/mol. The lowest BCUT2D eigenvalue weighted by Crippen LogP contribution is -2.58. The minimum atomic E-state index is -0.994. The topological polar surface area (TPSA) is 76.1 Å². The van der Waals surface area contributed by atoms with Crippen LogP contribution >= 0.6 is 0 Å². The molecule has 18 heavy (non-hydrogen) atoms. The Morgan fingerprint density at radius 1 is 1.28 bits per heavy atom. The quantitative estimate of drug-likeness (QED) is 0.767. The molecule has 2 rings (SSSR count). The zero-order chi connectivity index (χ0) is 13.3. The summed E-state index contributed by atoms with van der Waals surface area (Å²) in [7, 11) is 0. The van der Waals surface area contributed by atoms with Gasteiger partial charge in [-0.2, -0.15) is 0 Å². The second-order valence-electron chi connectivity index (χ2n) is 5.38. The zero-order valence-corrected chi connectivity index (χ0v) is 10.7. The molecule has 0 saturated carbocycles. The lowest BCUT2D eigenvalue weighted by molar-refractivity contribution is -0.162. The van der Waals surface area contributed by atoms with E-state index >= 15 is 0 Å². The third-order valence-electron chi connectivity index (χ3n) is 3.48. The Morgan fingerprint density at radius 2 is 1.94 bits per heavy atom. The van der Waals surface area contributed by atoms with Crippen LogP contribution in [-0.2, 0) is 19.1 Å². The predicted octanol–water partition coefficient (Wildman–Crippen LogP) is 0.256. The Bertz CT molecular complexity index is 354. The maximum absolute atomic E-state index is 12.3. The molecule has 1 N–H and O–H groups in total. The Labute approximate surface area is 106 Å². The van der Waals surface area contributed by atoms with E-state index in [4.69, 9.17) is 14.6 Å². The molecule has 2 fully saturated rings. The number of nitrogens with zero attached hydrogens (tertiary/aromatic N) is 1. The van der Waals surface area contributed by atoms with Crippen molar-refractivity contribution in [2.45, 2.75) is 44.4 Å². The number of carboxylic acid groups (broad SMARTS) is 1. The van der Waals surface area contributed by atoms with Crippen molar-refractivity contribution in [3.8, 4) is 0 Å². The summed E-state index contributed by atoms with van der Waals surface area (Å²) in [4.78, 5) is 24.9. The molecule has 6 heteroatoms. The summed E-state index contributed by atoms with van der Waals surface area (Å²) < 4.78 is 10.7. The van der Waals surface area contributed by atoms with Crippen molar-refractivity contribution in [1.82, 2.24) is 4.90 Å². The maximum Gasteiger partial charge on any atom is 0.332 e. The second-order valence-corrected chi connectivity index (χ2v) is 5.38. The molecule has 2 aliphatic heterocycles. The van der Waals surface area contributed by atoms with E-state index in [1.54, 1.807) is 4.90 Å². The average Bonchev–Trinajstić information content (AvgIpc) is 2.77. The summed E-state index contributed by atoms with van der Waals surface area (Å²) in [6.07, 6.45) is -0.591. The normalized spacial score (nSPS) is 31.3. The number of carboxylic acids is 1. The molecule has 102 valence electrons. The fourth-order valence-electron chi connectivity index (χ4n) is 2.44. The number of rotatable bonds is 2. The third-order valence-corrected chi connectivity index (χ3v) is 3.48. The monoisotopic (exact) mass is 257 g/mol. The zero-order valence-electron chi connectivity index (χ0n) is 10.7. The van der Waals surface area contributed by atoms with Crippen molar-refractivity contribution in [2.75, 3.05) is 19.8 Å². The summed E-state index contributed by atoms with van der Waals surface area (Å²) in [5.41, 5.74) is -0.361. The molecule has 1 amide bonds. The highest BCUT2D eigenvalue weighted by Crippen LogP contribution is 2.26. The van der Waals surface area contributed by atoms with Gasteiger partial charge >= 0.3 is 5.97 Å². The van der Waals surface area contributed by atoms with Crippen LogP contribution in [0.1, 0.15) is 26.7 Å². The highest BCUT2D eigenvalue weighted by molar-refractivity contribution is 5.83. The number of aliphatic carboxylic acids is 1. The van der Waals surface area contributed by atoms with E-state index in [1.165, 1.54) is 0 Å². The molecule has 0 bridgehead atoms. The lowest BCUT2D eigenvalue weighted by Gasteiger charge is -2.43. The van der Waals surface area contributed by atoms with E-state index in [-0.39, 0.29) is 11.4 Å². The summed E-state index contributed by atoms with van der Waals surface area (Å²) in [5.74, 6) is -1.11. The number of hydrogen-bond acceptors (Lipinski definition) is 4. The number of morpholine rings is 1. The first kappa shape index (κ1) is 13.3. The van der Waals surface area contributed by atoms with Gasteiger partial charge in [0.15, 0.2) is 6.10 Å². The summed E-state index contributed by atoms with van der Waals surface area (Å²) >= 11 is 0. The molecular weight excluding hydrogens is 238 g/mol. The van der Waals surface area contributed by atoms with E-state index in [0.717, 1.165) is 0 Å². The summed E-state index contributed by atoms with van der Waals surface area (Å²) in [6.45, 7) is 5.42. The molecule has 0 spiro atoms. The van der Waals surface area contributed by atoms with E-state index < -0.39 is 18.2 Å². The Balaban J connectivity index is 2.01. The fraction of sp³-hybridized carbons (Fsp3) is 0.833. The Kier molecular flexibility index (Phi) is 3.59. The fourth-order valence-corrected chi connectivity index (χ4v) is 2.44. The van der Waals surface area contributed by atoms with Crippen LogP contribution in [0.4, 0.5) is 0 Å². The van der Waals surface area contributed by atoms with E-state index in [2.05, 4.69) is 0 Å². The van der Waals surface area contributed by atoms with Gasteiger partial charge in [-0.3, -0.25) is 4.79 Å². The minimum absolute atomic E-state index is 0.118. The van der Waals surface area contributed by atoms with Gasteiger partial charge in [0.2, 0.25) is 0 Å². The van der Waals surface area contributed by atoms with Gasteiger partial charge in [-0.1, -0.05) is 0 Å². The molecular formula is C12H19NO5. The summed E-state index contributed by atoms with van der Waals surface area (Å²) in [6, 6.07) is 0. The Morgan fingerprint density at radius 3 is 2.50 bits per heavy atom. The van der Waals surface area contributed by atoms with Crippen LogP contribution in [0.2, 0.25) is 0 Å². The van der Waals surface area contributed by atoms with Crippen molar-refractivity contribution < 1.29 is 24.2 Å². The molecule has 0 aromatic carbocycles. The highest BCUT2D eigenvalue weighted by atomic mass is 16.5. The van der Waals surface area contributed by atoms with Crippen LogP contribution < -0.4 is 0 Å². The van der Waals surface area contributed by atoms with Gasteiger partial charge in [-0.25, -0.2) is 4.79 Å². The molecule has 0 aromatic heterocycles. The number of carbonyl (C=O) groups is 2. The molecule has 0 aliphatic carbocycles. The Hall–Kier alpha value is -1.14. The molecule has 2 aliphatic rings. The van der Waals surface area contributed by atoms with Gasteiger partial charge in [0, 0.05) is 6.54 Å². The lowest BCUT2D eigenvalue weighted by atomic mass is 10.0. The molecule has 2 saturated heterocycles. The molecule has 2 atom stereocenters. The van der Waals surface area contributed by atoms with Gasteiger partial charge in [0.1, 0.15) is 6.10 Å². The number of hydrogen-bond donors (Lipinski definition) is 1. The van der Waals surface area contributed by atoms with Crippen molar-refractivity contribution in [2.24, 2.45) is 0 Å². The van der Waals surface area contributed by atoms with Crippen molar-refractivity contribution in [3.63, 3.8) is 0 Å². The van der Waals surface area contributed by atoms with Gasteiger partial charge in [0.25, 0.3) is 5.91 Å². The first-order valence-electron chi connectivity index (χ1n) is 6.19. The standard InChI is InChI=1S/C12H19NO5/c1-12(2)7-17-6-5-13(12)10(14)8-3-4-9(18-8)11(15)16/h8-9H,3-7H2,1-2H3,(H,15,16). The largest absolute Gasteiger partial charge is 0.479 e. The first-order chi connectivity index (χ1) is 8.42. The number of carbonyl (C=O) groups excluding carboxylic acids is 1. The van der Waals surface area contributed by atoms with Crippen molar-refractivity contribution in [1.29, 1.82) is 0 Å². The second kappa shape index (κ2) is 4.85. The van der Waals surface area contributed by atoms with Crippen LogP contribution in [0.5, 0.6) is 0 Å². The van der Waals surface area contributed by atoms with Crippen molar-refractivity contribution >= 4 is 11.9 Å². The van der Waals surface area contributed by atoms with Crippen molar-refractivity contribution in [3.05, 3.63) is 0 Å². The summed E-state index contributed by atoms with van der Waals surface area (Å²) in [5, 5.41) is 8.86. The van der Waals surface area contributed by atoms with Gasteiger partial charge < -0.3 is 19.5 Å². The number of ether oxygens (including phenoxy) is 2. The smallest absolute Gasteiger partial charge is 0.332 e. The first-order valence-corrected chi connectivity index (χ1v) is 6.19. The van der Waals surface area contributed by atoms with Gasteiger partial charge in [-0.05, 0) is 26.7 Å². The molecule has 6 nitrogen and oxygen atoms in total. The minimum Gasteiger partial charge on any atom is -0.479 e. The van der Waals surface area contributed by atoms with Gasteiger partial charge in [-0.15, -0.1) is 0 Å². The molecule has 2 unspecified atom stereocenters. The van der Waals surface area contributed by atoms with Crippen LogP contribution in [0.25, 0.3) is 0 Å². The van der Waals surface area contributed by atoms with Gasteiger partial charge in [0.05, 0.1) is 18.8 Å². The van der Waals surface area contributed by atoms with E-state index in [1.807, 2.05) is 13.8 Å². The maximum atomic E-state index is 12.3. The molecule has 0 radical (unpaired) electrons. The SMILES string of the molecule is CC1(C)COCCN1C(=O)C1CCC(C(=O)O)O1. The predicted molar refractivity (Wildman–Crippen MR) is 62.1 cm³/mol. The van der Waals surface area contributed by atoms with E-state index in [0.29, 0.717) is 32.6 Å². The van der Waals surface area contributed by atoms with Crippen LogP contribution in [0.15, 0.2) is 0 Å². The van der Waals surface area contributed by atoms with E-state index in [9.17, 15) is 9.59 Å². The third kappa shape index (κ3) is 2.49. The molecule has 0 aromatic rings.